The first-order valence-electron chi connectivity index (χ1n) is 6.36. The van der Waals surface area contributed by atoms with Gasteiger partial charge in [0.25, 0.3) is 5.69 Å². The lowest BCUT2D eigenvalue weighted by molar-refractivity contribution is -0.384. The number of benzene rings is 1. The van der Waals surface area contributed by atoms with Crippen LogP contribution in [0.25, 0.3) is 10.9 Å². The Morgan fingerprint density at radius 1 is 1.40 bits per heavy atom. The largest absolute Gasteiger partial charge is 0.381 e. The number of rotatable bonds is 4. The van der Waals surface area contributed by atoms with Crippen LogP contribution in [0.4, 0.5) is 11.5 Å². The Hall–Kier alpha value is -2.28. The van der Waals surface area contributed by atoms with E-state index >= 15 is 0 Å². The van der Waals surface area contributed by atoms with E-state index in [1.165, 1.54) is 18.5 Å². The minimum absolute atomic E-state index is 0.0405. The quantitative estimate of drug-likeness (QED) is 0.678. The summed E-state index contributed by atoms with van der Waals surface area (Å²) in [6.07, 6.45) is 3.58. The minimum atomic E-state index is -0.416. The maximum Gasteiger partial charge on any atom is 0.270 e. The van der Waals surface area contributed by atoms with Crippen LogP contribution >= 0.6 is 0 Å². The normalized spacial score (nSPS) is 21.4. The van der Waals surface area contributed by atoms with Crippen LogP contribution < -0.4 is 5.32 Å². The molecule has 0 spiro atoms. The number of hydrogen-bond acceptors (Lipinski definition) is 6. The van der Waals surface area contributed by atoms with E-state index in [1.807, 2.05) is 0 Å². The van der Waals surface area contributed by atoms with Gasteiger partial charge in [0.15, 0.2) is 0 Å². The van der Waals surface area contributed by atoms with E-state index in [0.717, 1.165) is 12.8 Å². The Morgan fingerprint density at radius 2 is 2.20 bits per heavy atom. The van der Waals surface area contributed by atoms with Crippen molar-refractivity contribution in [3.63, 3.8) is 0 Å². The van der Waals surface area contributed by atoms with Crippen molar-refractivity contribution < 1.29 is 9.66 Å². The average molecular weight is 274 g/mol. The zero-order valence-electron chi connectivity index (χ0n) is 10.9. The van der Waals surface area contributed by atoms with Gasteiger partial charge in [-0.3, -0.25) is 10.1 Å². The second kappa shape index (κ2) is 5.01. The molecule has 0 amide bonds. The molecular weight excluding hydrogens is 260 g/mol. The molecule has 0 unspecified atom stereocenters. The van der Waals surface area contributed by atoms with Crippen molar-refractivity contribution in [2.75, 3.05) is 12.4 Å². The van der Waals surface area contributed by atoms with Crippen molar-refractivity contribution in [3.05, 3.63) is 34.6 Å². The molecule has 1 aliphatic rings. The lowest BCUT2D eigenvalue weighted by Gasteiger charge is -2.35. The summed E-state index contributed by atoms with van der Waals surface area (Å²) in [4.78, 5) is 18.8. The highest BCUT2D eigenvalue weighted by Crippen LogP contribution is 2.29. The van der Waals surface area contributed by atoms with Gasteiger partial charge >= 0.3 is 0 Å². The minimum Gasteiger partial charge on any atom is -0.381 e. The van der Waals surface area contributed by atoms with Crippen molar-refractivity contribution >= 4 is 22.4 Å². The monoisotopic (exact) mass is 274 g/mol. The fourth-order valence-corrected chi connectivity index (χ4v) is 2.34. The molecule has 1 saturated carbocycles. The second-order valence-electron chi connectivity index (χ2n) is 4.85. The van der Waals surface area contributed by atoms with E-state index in [2.05, 4.69) is 15.3 Å². The number of nitrogens with zero attached hydrogens (tertiary/aromatic N) is 3. The Morgan fingerprint density at radius 3 is 2.90 bits per heavy atom. The summed E-state index contributed by atoms with van der Waals surface area (Å²) in [5, 5.41) is 14.8. The molecule has 0 radical (unpaired) electrons. The van der Waals surface area contributed by atoms with Gasteiger partial charge in [-0.2, -0.15) is 0 Å². The van der Waals surface area contributed by atoms with E-state index in [0.29, 0.717) is 16.7 Å². The van der Waals surface area contributed by atoms with Gasteiger partial charge in [0.1, 0.15) is 12.1 Å². The van der Waals surface area contributed by atoms with Crippen LogP contribution in [-0.4, -0.2) is 34.1 Å². The maximum atomic E-state index is 10.9. The van der Waals surface area contributed by atoms with Gasteiger partial charge in [-0.1, -0.05) is 0 Å². The molecule has 104 valence electrons. The van der Waals surface area contributed by atoms with Crippen LogP contribution in [0.5, 0.6) is 0 Å². The molecule has 1 aromatic heterocycles. The van der Waals surface area contributed by atoms with Gasteiger partial charge in [-0.15, -0.1) is 0 Å². The van der Waals surface area contributed by atoms with Crippen LogP contribution in [0.1, 0.15) is 12.8 Å². The number of ether oxygens (including phenoxy) is 1. The molecule has 0 atom stereocenters. The summed E-state index contributed by atoms with van der Waals surface area (Å²) in [5.74, 6) is 0.637. The van der Waals surface area contributed by atoms with Crippen molar-refractivity contribution in [2.24, 2.45) is 0 Å². The average Bonchev–Trinajstić information content (AvgIpc) is 2.41. The number of non-ortho nitro benzene ring substituents is 1. The number of hydrogen-bond donors (Lipinski definition) is 1. The van der Waals surface area contributed by atoms with Gasteiger partial charge in [-0.25, -0.2) is 9.97 Å². The summed E-state index contributed by atoms with van der Waals surface area (Å²) < 4.78 is 5.23. The first-order valence-corrected chi connectivity index (χ1v) is 6.36. The van der Waals surface area contributed by atoms with Crippen molar-refractivity contribution in [1.29, 1.82) is 0 Å². The van der Waals surface area contributed by atoms with Crippen LogP contribution in [0.15, 0.2) is 24.5 Å². The second-order valence-corrected chi connectivity index (χ2v) is 4.85. The van der Waals surface area contributed by atoms with E-state index in [9.17, 15) is 10.1 Å². The van der Waals surface area contributed by atoms with Crippen molar-refractivity contribution in [3.8, 4) is 0 Å². The third-order valence-corrected chi connectivity index (χ3v) is 3.60. The summed E-state index contributed by atoms with van der Waals surface area (Å²) >= 11 is 0. The van der Waals surface area contributed by atoms with Gasteiger partial charge < -0.3 is 10.1 Å². The summed E-state index contributed by atoms with van der Waals surface area (Å²) in [7, 11) is 1.70. The van der Waals surface area contributed by atoms with E-state index in [-0.39, 0.29) is 17.8 Å². The Labute approximate surface area is 115 Å². The molecule has 0 bridgehead atoms. The zero-order valence-corrected chi connectivity index (χ0v) is 10.9. The fraction of sp³-hybridized carbons (Fsp3) is 0.385. The predicted octanol–water partition coefficient (Wildman–Crippen LogP) is 2.13. The molecule has 3 rings (SSSR count). The maximum absolute atomic E-state index is 10.9. The third-order valence-electron chi connectivity index (χ3n) is 3.60. The molecule has 2 aromatic rings. The Kier molecular flexibility index (Phi) is 3.19. The van der Waals surface area contributed by atoms with Crippen LogP contribution in [-0.2, 0) is 4.74 Å². The topological polar surface area (TPSA) is 90.2 Å². The molecule has 1 N–H and O–H groups in total. The number of nitro benzene ring substituents is 1. The number of nitro groups is 1. The Balaban J connectivity index is 1.90. The number of fused-ring (bicyclic) bond motifs is 1. The summed E-state index contributed by atoms with van der Waals surface area (Å²) in [6.45, 7) is 0. The highest BCUT2D eigenvalue weighted by atomic mass is 16.6. The third kappa shape index (κ3) is 2.27. The van der Waals surface area contributed by atoms with E-state index in [4.69, 9.17) is 4.74 Å². The molecule has 0 saturated heterocycles. The molecule has 1 heterocycles. The number of anilines is 1. The highest BCUT2D eigenvalue weighted by Gasteiger charge is 2.29. The van der Waals surface area contributed by atoms with E-state index < -0.39 is 4.92 Å². The Bertz CT molecular complexity index is 655. The lowest BCUT2D eigenvalue weighted by Crippen LogP contribution is -2.40. The predicted molar refractivity (Wildman–Crippen MR) is 73.6 cm³/mol. The molecule has 1 fully saturated rings. The molecule has 0 aliphatic heterocycles. The van der Waals surface area contributed by atoms with Gasteiger partial charge in [-0.05, 0) is 18.9 Å². The van der Waals surface area contributed by atoms with Gasteiger partial charge in [0, 0.05) is 30.7 Å². The molecule has 7 nitrogen and oxygen atoms in total. The first-order chi connectivity index (χ1) is 9.67. The summed E-state index contributed by atoms with van der Waals surface area (Å²) in [5.41, 5.74) is 0.731. The van der Waals surface area contributed by atoms with E-state index in [1.54, 1.807) is 13.2 Å². The number of nitrogens with one attached hydrogen (secondary N) is 1. The highest BCUT2D eigenvalue weighted by molar-refractivity contribution is 5.90. The lowest BCUT2D eigenvalue weighted by atomic mass is 9.89. The van der Waals surface area contributed by atoms with Gasteiger partial charge in [0.05, 0.1) is 16.5 Å². The van der Waals surface area contributed by atoms with Crippen LogP contribution in [0.2, 0.25) is 0 Å². The van der Waals surface area contributed by atoms with Gasteiger partial charge in [0.2, 0.25) is 0 Å². The molecule has 20 heavy (non-hydrogen) atoms. The smallest absolute Gasteiger partial charge is 0.270 e. The zero-order chi connectivity index (χ0) is 14.1. The molecule has 1 aliphatic carbocycles. The van der Waals surface area contributed by atoms with Crippen molar-refractivity contribution in [1.82, 2.24) is 9.97 Å². The number of aromatic nitrogens is 2. The molecule has 1 aromatic carbocycles. The first kappa shape index (κ1) is 12.7. The number of methoxy groups -OCH3 is 1. The SMILES string of the molecule is COC1CC(Nc2ncnc3ccc([N+](=O)[O-])cc23)C1. The molecule has 7 heteroatoms. The summed E-state index contributed by atoms with van der Waals surface area (Å²) in [6, 6.07) is 4.88. The van der Waals surface area contributed by atoms with Crippen LogP contribution in [0.3, 0.4) is 0 Å². The van der Waals surface area contributed by atoms with Crippen molar-refractivity contribution in [2.45, 2.75) is 25.0 Å². The fourth-order valence-electron chi connectivity index (χ4n) is 2.34. The van der Waals surface area contributed by atoms with Crippen LogP contribution in [0, 0.1) is 10.1 Å². The molecular formula is C13H14N4O3. The standard InChI is InChI=1S/C13H14N4O3/c1-20-10-4-8(5-10)16-13-11-6-9(17(18)19)2-3-12(11)14-7-15-13/h2-3,6-8,10H,4-5H2,1H3,(H,14,15,16).